The molecule has 1 N–H and O–H groups in total. The van der Waals surface area contributed by atoms with Gasteiger partial charge in [-0.25, -0.2) is 4.98 Å². The molecule has 0 saturated carbocycles. The van der Waals surface area contributed by atoms with Crippen molar-refractivity contribution in [1.82, 2.24) is 19.7 Å². The number of hydrogen-bond donors (Lipinski definition) is 1. The number of carbonyl (C=O) groups is 1. The van der Waals surface area contributed by atoms with Gasteiger partial charge in [-0.1, -0.05) is 18.0 Å². The molecule has 0 fully saturated rings. The maximum atomic E-state index is 12.8. The Morgan fingerprint density at radius 3 is 3.00 bits per heavy atom. The molecular formula is C21H22ClN5O2. The first-order chi connectivity index (χ1) is 14.2. The summed E-state index contributed by atoms with van der Waals surface area (Å²) in [5.41, 5.74) is 1.72. The highest BCUT2D eigenvalue weighted by atomic mass is 35.5. The number of nitrogens with zero attached hydrogens (tertiary/aromatic N) is 4. The summed E-state index contributed by atoms with van der Waals surface area (Å²) in [7, 11) is 0. The van der Waals surface area contributed by atoms with E-state index in [1.54, 1.807) is 24.4 Å². The highest BCUT2D eigenvalue weighted by molar-refractivity contribution is 6.34. The zero-order chi connectivity index (χ0) is 20.2. The molecular weight excluding hydrogens is 390 g/mol. The molecule has 1 amide bonds. The van der Waals surface area contributed by atoms with Crippen LogP contribution in [-0.4, -0.2) is 32.3 Å². The Labute approximate surface area is 174 Å². The molecule has 2 aromatic heterocycles. The van der Waals surface area contributed by atoms with Crippen LogP contribution < -0.4 is 10.1 Å². The van der Waals surface area contributed by atoms with Crippen LogP contribution in [-0.2, 0) is 13.0 Å². The molecule has 0 spiro atoms. The van der Waals surface area contributed by atoms with E-state index in [-0.39, 0.29) is 5.91 Å². The number of halogens is 1. The number of hydrogen-bond acceptors (Lipinski definition) is 5. The standard InChI is InChI=1S/C21H22ClN5O2/c1-2-29-21-15(7-6-11-23-21)20(28)24-17-13-14(9-10-16(17)22)19-26-25-18-8-4-3-5-12-27(18)19/h6-7,9-11,13H,2-5,8,12H2,1H3,(H,24,28). The Bertz CT molecular complexity index is 1030. The van der Waals surface area contributed by atoms with Gasteiger partial charge in [0.25, 0.3) is 5.91 Å². The minimum atomic E-state index is -0.333. The number of amides is 1. The predicted molar refractivity (Wildman–Crippen MR) is 111 cm³/mol. The molecule has 8 heteroatoms. The fraction of sp³-hybridized carbons (Fsp3) is 0.333. The molecule has 1 aromatic carbocycles. The topological polar surface area (TPSA) is 81.9 Å². The van der Waals surface area contributed by atoms with E-state index in [1.807, 2.05) is 19.1 Å². The first-order valence-electron chi connectivity index (χ1n) is 9.78. The van der Waals surface area contributed by atoms with Crippen molar-refractivity contribution in [2.45, 2.75) is 39.2 Å². The second-order valence-electron chi connectivity index (χ2n) is 6.84. The molecule has 3 aromatic rings. The predicted octanol–water partition coefficient (Wildman–Crippen LogP) is 4.37. The van der Waals surface area contributed by atoms with Gasteiger partial charge < -0.3 is 14.6 Å². The van der Waals surface area contributed by atoms with Crippen molar-refractivity contribution in [3.63, 3.8) is 0 Å². The van der Waals surface area contributed by atoms with E-state index >= 15 is 0 Å². The molecule has 0 bridgehead atoms. The number of nitrogens with one attached hydrogen (secondary N) is 1. The van der Waals surface area contributed by atoms with Crippen molar-refractivity contribution in [2.24, 2.45) is 0 Å². The Morgan fingerprint density at radius 2 is 2.14 bits per heavy atom. The minimum Gasteiger partial charge on any atom is -0.477 e. The number of rotatable bonds is 5. The van der Waals surface area contributed by atoms with Crippen LogP contribution in [0.3, 0.4) is 0 Å². The fourth-order valence-corrected chi connectivity index (χ4v) is 3.63. The van der Waals surface area contributed by atoms with Crippen LogP contribution in [0, 0.1) is 0 Å². The van der Waals surface area contributed by atoms with Crippen molar-refractivity contribution in [3.8, 4) is 17.3 Å². The van der Waals surface area contributed by atoms with Gasteiger partial charge in [-0.15, -0.1) is 10.2 Å². The third kappa shape index (κ3) is 4.10. The minimum absolute atomic E-state index is 0.294. The average molecular weight is 412 g/mol. The highest BCUT2D eigenvalue weighted by Crippen LogP contribution is 2.30. The van der Waals surface area contributed by atoms with Crippen molar-refractivity contribution in [2.75, 3.05) is 11.9 Å². The van der Waals surface area contributed by atoms with Gasteiger partial charge in [0.05, 0.1) is 17.3 Å². The van der Waals surface area contributed by atoms with E-state index in [4.69, 9.17) is 16.3 Å². The quantitative estimate of drug-likeness (QED) is 0.674. The third-order valence-electron chi connectivity index (χ3n) is 4.88. The summed E-state index contributed by atoms with van der Waals surface area (Å²) in [5, 5.41) is 12.1. The maximum absolute atomic E-state index is 12.8. The second-order valence-corrected chi connectivity index (χ2v) is 7.25. The molecule has 0 radical (unpaired) electrons. The summed E-state index contributed by atoms with van der Waals surface area (Å²) < 4.78 is 7.62. The number of pyridine rings is 1. The molecule has 0 unspecified atom stereocenters. The first kappa shape index (κ1) is 19.4. The van der Waals surface area contributed by atoms with E-state index in [2.05, 4.69) is 25.1 Å². The van der Waals surface area contributed by atoms with Crippen molar-refractivity contribution >= 4 is 23.2 Å². The molecule has 1 aliphatic rings. The van der Waals surface area contributed by atoms with Crippen LogP contribution in [0.1, 0.15) is 42.4 Å². The van der Waals surface area contributed by atoms with Crippen LogP contribution in [0.25, 0.3) is 11.4 Å². The highest BCUT2D eigenvalue weighted by Gasteiger charge is 2.19. The number of ether oxygens (including phenoxy) is 1. The number of aryl methyl sites for hydroxylation is 1. The summed E-state index contributed by atoms with van der Waals surface area (Å²) in [6.45, 7) is 3.17. The van der Waals surface area contributed by atoms with Gasteiger partial charge >= 0.3 is 0 Å². The summed E-state index contributed by atoms with van der Waals surface area (Å²) >= 11 is 6.36. The fourth-order valence-electron chi connectivity index (χ4n) is 3.46. The normalized spacial score (nSPS) is 13.4. The van der Waals surface area contributed by atoms with Gasteiger partial charge in [0.15, 0.2) is 5.82 Å². The Morgan fingerprint density at radius 1 is 1.24 bits per heavy atom. The Balaban J connectivity index is 1.63. The molecule has 0 atom stereocenters. The van der Waals surface area contributed by atoms with Gasteiger partial charge in [0, 0.05) is 24.7 Å². The third-order valence-corrected chi connectivity index (χ3v) is 5.21. The summed E-state index contributed by atoms with van der Waals surface area (Å²) in [6.07, 6.45) is 5.96. The zero-order valence-electron chi connectivity index (χ0n) is 16.2. The second kappa shape index (κ2) is 8.61. The van der Waals surface area contributed by atoms with E-state index in [9.17, 15) is 4.79 Å². The average Bonchev–Trinajstić information content (AvgIpc) is 2.98. The lowest BCUT2D eigenvalue weighted by Gasteiger charge is -2.12. The number of fused-ring (bicyclic) bond motifs is 1. The summed E-state index contributed by atoms with van der Waals surface area (Å²) in [6, 6.07) is 8.86. The lowest BCUT2D eigenvalue weighted by Crippen LogP contribution is -2.15. The van der Waals surface area contributed by atoms with E-state index < -0.39 is 0 Å². The molecule has 4 rings (SSSR count). The van der Waals surface area contributed by atoms with Crippen molar-refractivity contribution in [3.05, 3.63) is 52.9 Å². The number of anilines is 1. The van der Waals surface area contributed by atoms with Crippen LogP contribution >= 0.6 is 11.6 Å². The monoisotopic (exact) mass is 411 g/mol. The van der Waals surface area contributed by atoms with Crippen molar-refractivity contribution < 1.29 is 9.53 Å². The van der Waals surface area contributed by atoms with Gasteiger partial charge in [-0.3, -0.25) is 4.79 Å². The van der Waals surface area contributed by atoms with Crippen LogP contribution in [0.5, 0.6) is 5.88 Å². The molecule has 7 nitrogen and oxygen atoms in total. The molecule has 1 aliphatic heterocycles. The van der Waals surface area contributed by atoms with Gasteiger partial charge in [0.1, 0.15) is 11.4 Å². The van der Waals surface area contributed by atoms with E-state index in [0.29, 0.717) is 28.8 Å². The van der Waals surface area contributed by atoms with E-state index in [1.165, 1.54) is 6.42 Å². The first-order valence-corrected chi connectivity index (χ1v) is 10.2. The molecule has 150 valence electrons. The van der Waals surface area contributed by atoms with Crippen LogP contribution in [0.15, 0.2) is 36.5 Å². The molecule has 0 saturated heterocycles. The number of carbonyl (C=O) groups excluding carboxylic acids is 1. The van der Waals surface area contributed by atoms with Gasteiger partial charge in [0.2, 0.25) is 5.88 Å². The number of aromatic nitrogens is 4. The lowest BCUT2D eigenvalue weighted by atomic mass is 10.1. The smallest absolute Gasteiger partial charge is 0.261 e. The number of benzene rings is 1. The molecule has 3 heterocycles. The van der Waals surface area contributed by atoms with Crippen molar-refractivity contribution in [1.29, 1.82) is 0 Å². The van der Waals surface area contributed by atoms with E-state index in [0.717, 1.165) is 43.0 Å². The summed E-state index contributed by atoms with van der Waals surface area (Å²) in [5.74, 6) is 1.77. The van der Waals surface area contributed by atoms with Gasteiger partial charge in [-0.05, 0) is 50.1 Å². The summed E-state index contributed by atoms with van der Waals surface area (Å²) in [4.78, 5) is 16.9. The van der Waals surface area contributed by atoms with Crippen LogP contribution in [0.2, 0.25) is 5.02 Å². The van der Waals surface area contributed by atoms with Crippen LogP contribution in [0.4, 0.5) is 5.69 Å². The lowest BCUT2D eigenvalue weighted by molar-refractivity contribution is 0.102. The zero-order valence-corrected chi connectivity index (χ0v) is 16.9. The molecule has 29 heavy (non-hydrogen) atoms. The Kier molecular flexibility index (Phi) is 5.76. The Hall–Kier alpha value is -2.93. The SMILES string of the molecule is CCOc1ncccc1C(=O)Nc1cc(-c2nnc3n2CCCCC3)ccc1Cl. The van der Waals surface area contributed by atoms with Gasteiger partial charge in [-0.2, -0.15) is 0 Å². The maximum Gasteiger partial charge on any atom is 0.261 e. The largest absolute Gasteiger partial charge is 0.477 e. The molecule has 0 aliphatic carbocycles.